The number of aromatic nitrogens is 1. The van der Waals surface area contributed by atoms with Gasteiger partial charge < -0.3 is 15.2 Å². The summed E-state index contributed by atoms with van der Waals surface area (Å²) in [5, 5.41) is 11.9. The van der Waals surface area contributed by atoms with E-state index in [4.69, 9.17) is 9.84 Å². The third-order valence-corrected chi connectivity index (χ3v) is 5.54. The molecule has 7 nitrogen and oxygen atoms in total. The van der Waals surface area contributed by atoms with Gasteiger partial charge in [0, 0.05) is 30.4 Å². The van der Waals surface area contributed by atoms with Gasteiger partial charge in [-0.25, -0.2) is 0 Å². The standard InChI is InChI=1S/C24H28N2O5/c1-16-4-5-19(15-26-16)23(28)25-14-2-3-22(27)17-6-10-20(11-7-17)31-21-12-8-18(9-13-21)24(29)30/h4-7,10-11,15,18,21H,2-3,8-9,12-14H2,1H3,(H,25,28)(H,29,30). The summed E-state index contributed by atoms with van der Waals surface area (Å²) in [5.74, 6) is -0.487. The molecule has 1 aromatic heterocycles. The number of aliphatic carboxylic acids is 1. The molecule has 3 rings (SSSR count). The molecule has 0 radical (unpaired) electrons. The highest BCUT2D eigenvalue weighted by Gasteiger charge is 2.26. The Bertz CT molecular complexity index is 901. The molecule has 7 heteroatoms. The van der Waals surface area contributed by atoms with Crippen LogP contribution in [0, 0.1) is 12.8 Å². The lowest BCUT2D eigenvalue weighted by molar-refractivity contribution is -0.143. The minimum Gasteiger partial charge on any atom is -0.490 e. The number of nitrogens with one attached hydrogen (secondary N) is 1. The Hall–Kier alpha value is -3.22. The van der Waals surface area contributed by atoms with Crippen molar-refractivity contribution in [3.05, 3.63) is 59.4 Å². The number of hydrogen-bond acceptors (Lipinski definition) is 5. The summed E-state index contributed by atoms with van der Waals surface area (Å²) in [6.45, 7) is 2.27. The van der Waals surface area contributed by atoms with E-state index in [2.05, 4.69) is 10.3 Å². The first-order chi connectivity index (χ1) is 14.9. The predicted octanol–water partition coefficient (Wildman–Crippen LogP) is 3.81. The van der Waals surface area contributed by atoms with Crippen molar-refractivity contribution >= 4 is 17.7 Å². The van der Waals surface area contributed by atoms with Crippen molar-refractivity contribution in [3.63, 3.8) is 0 Å². The van der Waals surface area contributed by atoms with Crippen LogP contribution < -0.4 is 10.1 Å². The number of nitrogens with zero attached hydrogens (tertiary/aromatic N) is 1. The van der Waals surface area contributed by atoms with Crippen LogP contribution in [0.3, 0.4) is 0 Å². The maximum atomic E-state index is 12.4. The number of benzene rings is 1. The maximum absolute atomic E-state index is 12.4. The van der Waals surface area contributed by atoms with Gasteiger partial charge in [-0.1, -0.05) is 0 Å². The van der Waals surface area contributed by atoms with Gasteiger partial charge in [0.15, 0.2) is 5.78 Å². The molecule has 1 heterocycles. The van der Waals surface area contributed by atoms with Crippen molar-refractivity contribution in [1.29, 1.82) is 0 Å². The van der Waals surface area contributed by atoms with Crippen molar-refractivity contribution in [2.24, 2.45) is 5.92 Å². The van der Waals surface area contributed by atoms with E-state index in [1.54, 1.807) is 36.4 Å². The van der Waals surface area contributed by atoms with E-state index in [0.29, 0.717) is 49.1 Å². The first-order valence-electron chi connectivity index (χ1n) is 10.7. The number of carbonyl (C=O) groups is 3. The molecular weight excluding hydrogens is 396 g/mol. The van der Waals surface area contributed by atoms with Crippen LogP contribution in [0.2, 0.25) is 0 Å². The molecule has 0 spiro atoms. The number of amides is 1. The van der Waals surface area contributed by atoms with Crippen LogP contribution in [0.5, 0.6) is 5.75 Å². The molecule has 1 aliphatic carbocycles. The summed E-state index contributed by atoms with van der Waals surface area (Å²) in [4.78, 5) is 39.6. The number of hydrogen-bond donors (Lipinski definition) is 2. The van der Waals surface area contributed by atoms with Crippen LogP contribution in [-0.4, -0.2) is 40.4 Å². The number of Topliss-reactive ketones (excluding diaryl/α,β-unsaturated/α-hetero) is 1. The minimum absolute atomic E-state index is 0.0137. The fourth-order valence-electron chi connectivity index (χ4n) is 3.64. The van der Waals surface area contributed by atoms with Gasteiger partial charge in [-0.05, 0) is 75.4 Å². The average Bonchev–Trinajstić information content (AvgIpc) is 2.78. The smallest absolute Gasteiger partial charge is 0.306 e. The van der Waals surface area contributed by atoms with Crippen molar-refractivity contribution in [2.75, 3.05) is 6.54 Å². The van der Waals surface area contributed by atoms with Crippen LogP contribution in [-0.2, 0) is 4.79 Å². The van der Waals surface area contributed by atoms with Crippen molar-refractivity contribution in [2.45, 2.75) is 51.6 Å². The molecule has 2 N–H and O–H groups in total. The quantitative estimate of drug-likeness (QED) is 0.468. The number of carboxylic acids is 1. The Morgan fingerprint density at radius 1 is 1.03 bits per heavy atom. The summed E-state index contributed by atoms with van der Waals surface area (Å²) in [6.07, 6.45) is 5.16. The van der Waals surface area contributed by atoms with E-state index in [9.17, 15) is 14.4 Å². The Labute approximate surface area is 181 Å². The summed E-state index contributed by atoms with van der Waals surface area (Å²) in [6, 6.07) is 10.6. The fraction of sp³-hybridized carbons (Fsp3) is 0.417. The zero-order valence-corrected chi connectivity index (χ0v) is 17.7. The maximum Gasteiger partial charge on any atom is 0.306 e. The number of pyridine rings is 1. The van der Waals surface area contributed by atoms with Crippen LogP contribution >= 0.6 is 0 Å². The second-order valence-corrected chi connectivity index (χ2v) is 7.92. The molecule has 1 aromatic carbocycles. The highest BCUT2D eigenvalue weighted by Crippen LogP contribution is 2.28. The molecule has 1 amide bonds. The number of carbonyl (C=O) groups excluding carboxylic acids is 2. The summed E-state index contributed by atoms with van der Waals surface area (Å²) < 4.78 is 5.94. The third kappa shape index (κ3) is 6.64. The second kappa shape index (κ2) is 10.7. The SMILES string of the molecule is Cc1ccc(C(=O)NCCCC(=O)c2ccc(OC3CCC(C(=O)O)CC3)cc2)cn1. The van der Waals surface area contributed by atoms with E-state index < -0.39 is 5.97 Å². The molecule has 31 heavy (non-hydrogen) atoms. The Kier molecular flexibility index (Phi) is 7.76. The predicted molar refractivity (Wildman–Crippen MR) is 115 cm³/mol. The lowest BCUT2D eigenvalue weighted by atomic mass is 9.87. The van der Waals surface area contributed by atoms with E-state index in [0.717, 1.165) is 18.5 Å². The van der Waals surface area contributed by atoms with Crippen molar-refractivity contribution in [1.82, 2.24) is 10.3 Å². The summed E-state index contributed by atoms with van der Waals surface area (Å²) >= 11 is 0. The molecular formula is C24H28N2O5. The lowest BCUT2D eigenvalue weighted by Crippen LogP contribution is -2.27. The highest BCUT2D eigenvalue weighted by molar-refractivity contribution is 5.96. The van der Waals surface area contributed by atoms with Crippen LogP contribution in [0.4, 0.5) is 0 Å². The number of carboxylic acid groups (broad SMARTS) is 1. The topological polar surface area (TPSA) is 106 Å². The Morgan fingerprint density at radius 3 is 2.32 bits per heavy atom. The van der Waals surface area contributed by atoms with Crippen molar-refractivity contribution in [3.8, 4) is 5.75 Å². The summed E-state index contributed by atoms with van der Waals surface area (Å²) in [7, 11) is 0. The number of rotatable bonds is 9. The van der Waals surface area contributed by atoms with E-state index in [1.807, 2.05) is 6.92 Å². The van der Waals surface area contributed by atoms with E-state index in [1.165, 1.54) is 6.20 Å². The molecule has 1 saturated carbocycles. The van der Waals surface area contributed by atoms with Crippen LogP contribution in [0.1, 0.15) is 64.9 Å². The molecule has 0 atom stereocenters. The molecule has 1 fully saturated rings. The van der Waals surface area contributed by atoms with E-state index in [-0.39, 0.29) is 23.7 Å². The molecule has 0 aliphatic heterocycles. The largest absolute Gasteiger partial charge is 0.490 e. The van der Waals surface area contributed by atoms with Gasteiger partial charge in [-0.15, -0.1) is 0 Å². The molecule has 0 bridgehead atoms. The lowest BCUT2D eigenvalue weighted by Gasteiger charge is -2.26. The van der Waals surface area contributed by atoms with Gasteiger partial charge in [0.05, 0.1) is 17.6 Å². The van der Waals surface area contributed by atoms with Crippen LogP contribution in [0.15, 0.2) is 42.6 Å². The average molecular weight is 424 g/mol. The summed E-state index contributed by atoms with van der Waals surface area (Å²) in [5.41, 5.74) is 1.96. The van der Waals surface area contributed by atoms with Gasteiger partial charge >= 0.3 is 5.97 Å². The second-order valence-electron chi connectivity index (χ2n) is 7.92. The zero-order valence-electron chi connectivity index (χ0n) is 17.7. The third-order valence-electron chi connectivity index (χ3n) is 5.54. The van der Waals surface area contributed by atoms with Gasteiger partial charge in [-0.2, -0.15) is 0 Å². The monoisotopic (exact) mass is 424 g/mol. The molecule has 164 valence electrons. The van der Waals surface area contributed by atoms with Gasteiger partial charge in [0.2, 0.25) is 0 Å². The first-order valence-corrected chi connectivity index (χ1v) is 10.7. The molecule has 2 aromatic rings. The van der Waals surface area contributed by atoms with Crippen LogP contribution in [0.25, 0.3) is 0 Å². The minimum atomic E-state index is -0.729. The number of ketones is 1. The van der Waals surface area contributed by atoms with Gasteiger partial charge in [0.1, 0.15) is 5.75 Å². The highest BCUT2D eigenvalue weighted by atomic mass is 16.5. The van der Waals surface area contributed by atoms with Gasteiger partial charge in [0.25, 0.3) is 5.91 Å². The first kappa shape index (κ1) is 22.5. The Morgan fingerprint density at radius 2 is 1.71 bits per heavy atom. The molecule has 1 aliphatic rings. The van der Waals surface area contributed by atoms with E-state index >= 15 is 0 Å². The number of aryl methyl sites for hydroxylation is 1. The van der Waals surface area contributed by atoms with Crippen molar-refractivity contribution < 1.29 is 24.2 Å². The zero-order chi connectivity index (χ0) is 22.2. The fourth-order valence-corrected chi connectivity index (χ4v) is 3.64. The normalized spacial score (nSPS) is 18.2. The molecule has 0 unspecified atom stereocenters. The molecule has 0 saturated heterocycles. The number of ether oxygens (including phenoxy) is 1. The van der Waals surface area contributed by atoms with Gasteiger partial charge in [-0.3, -0.25) is 19.4 Å². The Balaban J connectivity index is 1.38.